The zero-order chi connectivity index (χ0) is 13.9. The number of benzene rings is 1. The van der Waals surface area contributed by atoms with Crippen LogP contribution in [-0.2, 0) is 5.75 Å². The number of nitrogens with zero attached hydrogens (tertiary/aromatic N) is 3. The third kappa shape index (κ3) is 2.59. The summed E-state index contributed by atoms with van der Waals surface area (Å²) < 4.78 is 5.13. The normalized spacial score (nSPS) is 10.9. The Morgan fingerprint density at radius 1 is 1.25 bits per heavy atom. The number of rotatable bonds is 4. The number of nitrogens with one attached hydrogen (secondary N) is 1. The predicted octanol–water partition coefficient (Wildman–Crippen LogP) is 3.95. The van der Waals surface area contributed by atoms with Gasteiger partial charge < -0.3 is 4.72 Å². The molecule has 0 spiro atoms. The van der Waals surface area contributed by atoms with Crippen LogP contribution < -0.4 is 4.72 Å². The van der Waals surface area contributed by atoms with E-state index in [1.807, 2.05) is 47.8 Å². The number of anilines is 1. The van der Waals surface area contributed by atoms with Crippen molar-refractivity contribution < 1.29 is 0 Å². The Morgan fingerprint density at radius 2 is 2.10 bits per heavy atom. The van der Waals surface area contributed by atoms with Gasteiger partial charge in [-0.15, -0.1) is 0 Å². The van der Waals surface area contributed by atoms with Crippen molar-refractivity contribution in [1.82, 2.24) is 14.6 Å². The molecular weight excluding hydrogens is 292 g/mol. The van der Waals surface area contributed by atoms with Gasteiger partial charge >= 0.3 is 0 Å². The molecule has 0 atom stereocenters. The predicted molar refractivity (Wildman–Crippen MR) is 84.1 cm³/mol. The van der Waals surface area contributed by atoms with Gasteiger partial charge in [-0.1, -0.05) is 29.8 Å². The van der Waals surface area contributed by atoms with Crippen LogP contribution in [0.3, 0.4) is 0 Å². The first-order chi connectivity index (χ1) is 9.75. The second kappa shape index (κ2) is 5.73. The SMILES string of the molecule is Cc1ccc2c(NSCc3ccccc3Cl)ncnn12. The van der Waals surface area contributed by atoms with E-state index in [1.54, 1.807) is 18.3 Å². The maximum Gasteiger partial charge on any atom is 0.163 e. The van der Waals surface area contributed by atoms with Crippen LogP contribution in [0.4, 0.5) is 5.82 Å². The first kappa shape index (κ1) is 13.3. The third-order valence-corrected chi connectivity index (χ3v) is 4.16. The van der Waals surface area contributed by atoms with Crippen LogP contribution in [0, 0.1) is 6.92 Å². The molecule has 0 bridgehead atoms. The average molecular weight is 305 g/mol. The second-order valence-electron chi connectivity index (χ2n) is 4.36. The van der Waals surface area contributed by atoms with E-state index < -0.39 is 0 Å². The Labute approximate surface area is 126 Å². The summed E-state index contributed by atoms with van der Waals surface area (Å²) in [6.45, 7) is 2.01. The second-order valence-corrected chi connectivity index (χ2v) is 5.55. The van der Waals surface area contributed by atoms with Crippen LogP contribution in [0.15, 0.2) is 42.7 Å². The molecule has 0 saturated carbocycles. The van der Waals surface area contributed by atoms with Gasteiger partial charge in [0.15, 0.2) is 5.82 Å². The van der Waals surface area contributed by atoms with E-state index in [1.165, 1.54) is 0 Å². The Hall–Kier alpha value is -1.72. The van der Waals surface area contributed by atoms with Crippen molar-refractivity contribution in [1.29, 1.82) is 0 Å². The molecule has 20 heavy (non-hydrogen) atoms. The lowest BCUT2D eigenvalue weighted by molar-refractivity contribution is 0.875. The van der Waals surface area contributed by atoms with E-state index in [9.17, 15) is 0 Å². The summed E-state index contributed by atoms with van der Waals surface area (Å²) in [4.78, 5) is 4.28. The Kier molecular flexibility index (Phi) is 3.80. The molecule has 2 heterocycles. The smallest absolute Gasteiger partial charge is 0.163 e. The summed E-state index contributed by atoms with van der Waals surface area (Å²) in [7, 11) is 0. The molecule has 0 aliphatic heterocycles. The van der Waals surface area contributed by atoms with Crippen molar-refractivity contribution in [2.45, 2.75) is 12.7 Å². The lowest BCUT2D eigenvalue weighted by Crippen LogP contribution is -2.00. The molecule has 0 saturated heterocycles. The summed E-state index contributed by atoms with van der Waals surface area (Å²) in [5, 5.41) is 5.00. The van der Waals surface area contributed by atoms with Crippen LogP contribution in [-0.4, -0.2) is 14.6 Å². The Morgan fingerprint density at radius 3 is 2.95 bits per heavy atom. The van der Waals surface area contributed by atoms with Crippen LogP contribution in [0.25, 0.3) is 5.52 Å². The highest BCUT2D eigenvalue weighted by molar-refractivity contribution is 7.99. The number of hydrogen-bond acceptors (Lipinski definition) is 4. The minimum atomic E-state index is 0.773. The molecule has 2 aromatic heterocycles. The van der Waals surface area contributed by atoms with Gasteiger partial charge in [-0.05, 0) is 42.6 Å². The fourth-order valence-electron chi connectivity index (χ4n) is 1.94. The lowest BCUT2D eigenvalue weighted by Gasteiger charge is -2.07. The Balaban J connectivity index is 1.73. The minimum Gasteiger partial charge on any atom is -0.312 e. The highest BCUT2D eigenvalue weighted by atomic mass is 35.5. The summed E-state index contributed by atoms with van der Waals surface area (Å²) in [6, 6.07) is 11.9. The van der Waals surface area contributed by atoms with Crippen LogP contribution >= 0.6 is 23.5 Å². The highest BCUT2D eigenvalue weighted by Crippen LogP contribution is 2.23. The van der Waals surface area contributed by atoms with E-state index in [0.717, 1.165) is 33.4 Å². The largest absolute Gasteiger partial charge is 0.312 e. The number of halogens is 1. The van der Waals surface area contributed by atoms with E-state index in [-0.39, 0.29) is 0 Å². The Bertz CT molecular complexity index is 741. The van der Waals surface area contributed by atoms with E-state index in [2.05, 4.69) is 14.8 Å². The number of aromatic nitrogens is 3. The molecule has 0 fully saturated rings. The van der Waals surface area contributed by atoms with Crippen LogP contribution in [0.1, 0.15) is 11.3 Å². The van der Waals surface area contributed by atoms with Crippen molar-refractivity contribution in [3.63, 3.8) is 0 Å². The van der Waals surface area contributed by atoms with Gasteiger partial charge in [0.25, 0.3) is 0 Å². The van der Waals surface area contributed by atoms with Crippen LogP contribution in [0.5, 0.6) is 0 Å². The fourth-order valence-corrected chi connectivity index (χ4v) is 3.00. The van der Waals surface area contributed by atoms with Crippen molar-refractivity contribution in [2.24, 2.45) is 0 Å². The molecule has 0 radical (unpaired) electrons. The molecule has 6 heteroatoms. The lowest BCUT2D eigenvalue weighted by atomic mass is 10.2. The summed E-state index contributed by atoms with van der Waals surface area (Å²) >= 11 is 7.69. The highest BCUT2D eigenvalue weighted by Gasteiger charge is 2.06. The molecule has 1 N–H and O–H groups in total. The fraction of sp³-hybridized carbons (Fsp3) is 0.143. The van der Waals surface area contributed by atoms with Crippen molar-refractivity contribution >= 4 is 34.9 Å². The standard InChI is InChI=1S/C14H13ClN4S/c1-10-6-7-13-14(16-9-17-19(10)13)18-20-8-11-4-2-3-5-12(11)15/h2-7,9H,8H2,1H3,(H,16,17,18). The van der Waals surface area contributed by atoms with E-state index >= 15 is 0 Å². The van der Waals surface area contributed by atoms with Crippen molar-refractivity contribution in [2.75, 3.05) is 4.72 Å². The zero-order valence-corrected chi connectivity index (χ0v) is 12.4. The molecule has 3 aromatic rings. The van der Waals surface area contributed by atoms with Crippen LogP contribution in [0.2, 0.25) is 5.02 Å². The first-order valence-corrected chi connectivity index (χ1v) is 7.52. The van der Waals surface area contributed by atoms with Crippen molar-refractivity contribution in [3.05, 3.63) is 59.0 Å². The molecule has 0 unspecified atom stereocenters. The van der Waals surface area contributed by atoms with Gasteiger partial charge in [0.2, 0.25) is 0 Å². The van der Waals surface area contributed by atoms with Gasteiger partial charge in [-0.2, -0.15) is 5.10 Å². The van der Waals surface area contributed by atoms with Gasteiger partial charge in [0.1, 0.15) is 11.8 Å². The number of hydrogen-bond donors (Lipinski definition) is 1. The summed E-state index contributed by atoms with van der Waals surface area (Å²) in [6.07, 6.45) is 1.55. The number of aryl methyl sites for hydroxylation is 1. The first-order valence-electron chi connectivity index (χ1n) is 6.16. The maximum atomic E-state index is 6.13. The zero-order valence-electron chi connectivity index (χ0n) is 10.9. The molecule has 102 valence electrons. The van der Waals surface area contributed by atoms with Gasteiger partial charge in [-0.25, -0.2) is 9.50 Å². The molecular formula is C14H13ClN4S. The van der Waals surface area contributed by atoms with Gasteiger partial charge in [0.05, 0.1) is 0 Å². The number of fused-ring (bicyclic) bond motifs is 1. The van der Waals surface area contributed by atoms with Gasteiger partial charge in [-0.3, -0.25) is 0 Å². The molecule has 4 nitrogen and oxygen atoms in total. The molecule has 0 amide bonds. The third-order valence-electron chi connectivity index (χ3n) is 3.00. The summed E-state index contributed by atoms with van der Waals surface area (Å²) in [5.41, 5.74) is 3.15. The topological polar surface area (TPSA) is 42.2 Å². The minimum absolute atomic E-state index is 0.773. The molecule has 0 aliphatic rings. The molecule has 3 rings (SSSR count). The maximum absolute atomic E-state index is 6.13. The van der Waals surface area contributed by atoms with Gasteiger partial charge in [0, 0.05) is 16.5 Å². The molecule has 1 aromatic carbocycles. The van der Waals surface area contributed by atoms with E-state index in [4.69, 9.17) is 11.6 Å². The van der Waals surface area contributed by atoms with E-state index in [0.29, 0.717) is 0 Å². The molecule has 0 aliphatic carbocycles. The quantitative estimate of drug-likeness (QED) is 0.741. The summed E-state index contributed by atoms with van der Waals surface area (Å²) in [5.74, 6) is 1.58. The van der Waals surface area contributed by atoms with Crippen molar-refractivity contribution in [3.8, 4) is 0 Å². The monoisotopic (exact) mass is 304 g/mol. The average Bonchev–Trinajstić information content (AvgIpc) is 2.84.